The van der Waals surface area contributed by atoms with Gasteiger partial charge in [-0.1, -0.05) is 68.7 Å². The number of hydrogen-bond acceptors (Lipinski definition) is 6. The number of hydrogen-bond donors (Lipinski definition) is 1. The molecule has 0 aliphatic heterocycles. The molecule has 2 aromatic carbocycles. The van der Waals surface area contributed by atoms with Crippen molar-refractivity contribution in [2.24, 2.45) is 0 Å². The molecule has 0 atom stereocenters. The number of methoxy groups -OCH3 is 1. The van der Waals surface area contributed by atoms with Crippen molar-refractivity contribution in [2.45, 2.75) is 90.9 Å². The molecule has 0 unspecified atom stereocenters. The maximum Gasteiger partial charge on any atom is 0.344 e. The van der Waals surface area contributed by atoms with Crippen LogP contribution in [0.15, 0.2) is 76.7 Å². The van der Waals surface area contributed by atoms with E-state index in [1.165, 1.54) is 43.6 Å². The second-order valence-electron chi connectivity index (χ2n) is 11.7. The number of amides is 1. The van der Waals surface area contributed by atoms with Crippen molar-refractivity contribution in [2.75, 3.05) is 39.0 Å². The molecule has 0 aliphatic rings. The maximum absolute atomic E-state index is 13.2. The Hall–Kier alpha value is -3.29. The van der Waals surface area contributed by atoms with Crippen LogP contribution in [0.2, 0.25) is 0 Å². The zero-order valence-electron chi connectivity index (χ0n) is 29.0. The van der Waals surface area contributed by atoms with Crippen LogP contribution in [0.25, 0.3) is 6.08 Å². The fraction of sp³-hybridized carbons (Fsp3) is 0.487. The van der Waals surface area contributed by atoms with Crippen LogP contribution >= 0.6 is 11.8 Å². The quantitative estimate of drug-likeness (QED) is 0.0343. The first kappa shape index (κ1) is 38.9. The Morgan fingerprint density at radius 3 is 2.33 bits per heavy atom. The minimum atomic E-state index is -0.436. The first-order chi connectivity index (χ1) is 22.3. The highest BCUT2D eigenvalue weighted by molar-refractivity contribution is 7.99. The monoisotopic (exact) mass is 648 g/mol. The minimum absolute atomic E-state index is 0.133. The number of carbonyl (C=O) groups excluding carboxylic acids is 2. The SMILES string of the molecule is CCC/C(C)=C/CC/C(C)=C/CSc1ccccc1C(=O)Oc1ccc(/C=C/C(=O)NCCCCN(CCC)CCC)cc1OC. The summed E-state index contributed by atoms with van der Waals surface area (Å²) in [5.41, 5.74) is 4.10. The number of nitrogens with one attached hydrogen (secondary N) is 1. The van der Waals surface area contributed by atoms with Crippen molar-refractivity contribution in [3.63, 3.8) is 0 Å². The van der Waals surface area contributed by atoms with E-state index in [0.29, 0.717) is 23.6 Å². The van der Waals surface area contributed by atoms with E-state index in [1.54, 1.807) is 42.1 Å². The van der Waals surface area contributed by atoms with Gasteiger partial charge in [0.15, 0.2) is 11.5 Å². The van der Waals surface area contributed by atoms with Gasteiger partial charge in [-0.25, -0.2) is 4.79 Å². The molecule has 1 N–H and O–H groups in total. The third-order valence-electron chi connectivity index (χ3n) is 7.55. The number of nitrogens with zero attached hydrogens (tertiary/aromatic N) is 1. The zero-order chi connectivity index (χ0) is 33.6. The van der Waals surface area contributed by atoms with Crippen LogP contribution in [0.5, 0.6) is 11.5 Å². The summed E-state index contributed by atoms with van der Waals surface area (Å²) in [7, 11) is 1.54. The predicted molar refractivity (Wildman–Crippen MR) is 195 cm³/mol. The topological polar surface area (TPSA) is 67.9 Å². The van der Waals surface area contributed by atoms with Gasteiger partial charge in [-0.3, -0.25) is 4.79 Å². The van der Waals surface area contributed by atoms with Gasteiger partial charge in [-0.2, -0.15) is 0 Å². The second kappa shape index (κ2) is 23.1. The molecule has 0 radical (unpaired) electrons. The highest BCUT2D eigenvalue weighted by Gasteiger charge is 2.16. The fourth-order valence-electron chi connectivity index (χ4n) is 5.08. The Labute approximate surface area is 282 Å². The summed E-state index contributed by atoms with van der Waals surface area (Å²) in [6.45, 7) is 15.0. The van der Waals surface area contributed by atoms with Gasteiger partial charge in [-0.15, -0.1) is 11.8 Å². The summed E-state index contributed by atoms with van der Waals surface area (Å²) < 4.78 is 11.3. The lowest BCUT2D eigenvalue weighted by Gasteiger charge is -2.20. The molecule has 2 rings (SSSR count). The van der Waals surface area contributed by atoms with E-state index >= 15 is 0 Å². The smallest absolute Gasteiger partial charge is 0.344 e. The highest BCUT2D eigenvalue weighted by Crippen LogP contribution is 2.31. The van der Waals surface area contributed by atoms with E-state index in [-0.39, 0.29) is 5.91 Å². The third-order valence-corrected chi connectivity index (χ3v) is 8.55. The molecule has 2 aromatic rings. The van der Waals surface area contributed by atoms with Gasteiger partial charge < -0.3 is 19.7 Å². The van der Waals surface area contributed by atoms with Crippen molar-refractivity contribution < 1.29 is 19.1 Å². The highest BCUT2D eigenvalue weighted by atomic mass is 32.2. The van der Waals surface area contributed by atoms with Gasteiger partial charge in [0.05, 0.1) is 12.7 Å². The van der Waals surface area contributed by atoms with Gasteiger partial charge in [0.1, 0.15) is 0 Å². The van der Waals surface area contributed by atoms with Gasteiger partial charge in [0.25, 0.3) is 0 Å². The van der Waals surface area contributed by atoms with Crippen molar-refractivity contribution >= 4 is 29.7 Å². The molecule has 252 valence electrons. The van der Waals surface area contributed by atoms with E-state index in [9.17, 15) is 9.59 Å². The summed E-state index contributed by atoms with van der Waals surface area (Å²) in [4.78, 5) is 29.0. The molecule has 6 nitrogen and oxygen atoms in total. The largest absolute Gasteiger partial charge is 0.493 e. The average Bonchev–Trinajstić information content (AvgIpc) is 3.04. The van der Waals surface area contributed by atoms with Gasteiger partial charge in [0.2, 0.25) is 5.91 Å². The molecule has 46 heavy (non-hydrogen) atoms. The van der Waals surface area contributed by atoms with E-state index in [1.807, 2.05) is 18.2 Å². The molecule has 1 amide bonds. The molecule has 7 heteroatoms. The average molecular weight is 649 g/mol. The summed E-state index contributed by atoms with van der Waals surface area (Å²) in [5.74, 6) is 0.963. The standard InChI is InChI=1S/C39H56N2O4S/c1-7-15-31(4)16-14-17-32(5)24-29-46-37-19-11-10-18-34(37)39(43)45-35-22-20-33(30-36(35)44-6)21-23-38(42)40-25-12-13-28-41(26-8-2)27-9-3/h10-11,16,18-24,30H,7-9,12-15,17,25-29H2,1-6H3,(H,40,42)/b23-21+,31-16+,32-24+. The number of thioether (sulfide) groups is 1. The summed E-state index contributed by atoms with van der Waals surface area (Å²) in [6.07, 6.45) is 16.6. The molecule has 0 saturated carbocycles. The van der Waals surface area contributed by atoms with Crippen LogP contribution in [0.4, 0.5) is 0 Å². The summed E-state index contributed by atoms with van der Waals surface area (Å²) in [5, 5.41) is 2.97. The Bertz CT molecular complexity index is 1290. The molecule has 0 fully saturated rings. The second-order valence-corrected chi connectivity index (χ2v) is 12.7. The molecular formula is C39H56N2O4S. The number of rotatable bonds is 22. The van der Waals surface area contributed by atoms with Crippen LogP contribution in [0, 0.1) is 0 Å². The van der Waals surface area contributed by atoms with Crippen LogP contribution < -0.4 is 14.8 Å². The van der Waals surface area contributed by atoms with Gasteiger partial charge >= 0.3 is 5.97 Å². The number of benzene rings is 2. The first-order valence-corrected chi connectivity index (χ1v) is 17.9. The zero-order valence-corrected chi connectivity index (χ0v) is 29.8. The van der Waals surface area contributed by atoms with E-state index in [4.69, 9.17) is 9.47 Å². The summed E-state index contributed by atoms with van der Waals surface area (Å²) >= 11 is 1.62. The molecule has 0 saturated heterocycles. The molecule has 0 aromatic heterocycles. The van der Waals surface area contributed by atoms with E-state index in [2.05, 4.69) is 57.0 Å². The van der Waals surface area contributed by atoms with Crippen molar-refractivity contribution in [3.8, 4) is 11.5 Å². The molecule has 0 aliphatic carbocycles. The number of carbonyl (C=O) groups is 2. The van der Waals surface area contributed by atoms with Crippen LogP contribution in [0.1, 0.15) is 102 Å². The Morgan fingerprint density at radius 1 is 0.870 bits per heavy atom. The number of unbranched alkanes of at least 4 members (excludes halogenated alkanes) is 1. The summed E-state index contributed by atoms with van der Waals surface area (Å²) in [6, 6.07) is 12.8. The Kier molecular flexibility index (Phi) is 19.5. The Balaban J connectivity index is 1.91. The van der Waals surface area contributed by atoms with Gasteiger partial charge in [-0.05, 0) is 114 Å². The minimum Gasteiger partial charge on any atom is -0.493 e. The lowest BCUT2D eigenvalue weighted by molar-refractivity contribution is -0.116. The van der Waals surface area contributed by atoms with Gasteiger partial charge in [0, 0.05) is 23.3 Å². The van der Waals surface area contributed by atoms with Crippen LogP contribution in [-0.4, -0.2) is 55.8 Å². The lowest BCUT2D eigenvalue weighted by atomic mass is 10.1. The van der Waals surface area contributed by atoms with Crippen molar-refractivity contribution in [1.82, 2.24) is 10.2 Å². The first-order valence-electron chi connectivity index (χ1n) is 16.9. The van der Waals surface area contributed by atoms with Crippen LogP contribution in [-0.2, 0) is 4.79 Å². The molecular weight excluding hydrogens is 593 g/mol. The molecule has 0 bridgehead atoms. The number of esters is 1. The third kappa shape index (κ3) is 15.3. The van der Waals surface area contributed by atoms with Crippen molar-refractivity contribution in [1.29, 1.82) is 0 Å². The predicted octanol–water partition coefficient (Wildman–Crippen LogP) is 9.51. The fourth-order valence-corrected chi connectivity index (χ4v) is 6.11. The number of ether oxygens (including phenoxy) is 2. The van der Waals surface area contributed by atoms with E-state index < -0.39 is 5.97 Å². The van der Waals surface area contributed by atoms with E-state index in [0.717, 1.165) is 68.0 Å². The Morgan fingerprint density at radius 2 is 1.61 bits per heavy atom. The molecule has 0 heterocycles. The molecule has 0 spiro atoms. The lowest BCUT2D eigenvalue weighted by Crippen LogP contribution is -2.28. The van der Waals surface area contributed by atoms with Crippen LogP contribution in [0.3, 0.4) is 0 Å². The van der Waals surface area contributed by atoms with Crippen molar-refractivity contribution in [3.05, 3.63) is 83.0 Å². The normalized spacial score (nSPS) is 12.2. The number of allylic oxidation sites excluding steroid dienone is 3. The maximum atomic E-state index is 13.2.